The molecule has 2 aromatic rings. The third kappa shape index (κ3) is 4.45. The lowest BCUT2D eigenvalue weighted by Gasteiger charge is -2.07. The van der Waals surface area contributed by atoms with Crippen LogP contribution in [0.15, 0.2) is 36.4 Å². The zero-order valence-corrected chi connectivity index (χ0v) is 13.1. The SMILES string of the molecule is Cc1ccc(C(=O)[O-])cc1C.Cc1cccc(C(=O)[O-])c1C. The summed E-state index contributed by atoms with van der Waals surface area (Å²) in [5, 5.41) is 20.8. The summed E-state index contributed by atoms with van der Waals surface area (Å²) in [6.45, 7) is 7.47. The Kier molecular flexibility index (Phi) is 5.87. The van der Waals surface area contributed by atoms with Crippen LogP contribution >= 0.6 is 0 Å². The number of aromatic carboxylic acids is 2. The first-order valence-corrected chi connectivity index (χ1v) is 6.80. The van der Waals surface area contributed by atoms with E-state index in [-0.39, 0.29) is 11.1 Å². The molecule has 0 spiro atoms. The summed E-state index contributed by atoms with van der Waals surface area (Å²) >= 11 is 0. The molecule has 0 radical (unpaired) electrons. The van der Waals surface area contributed by atoms with Crippen molar-refractivity contribution in [3.63, 3.8) is 0 Å². The maximum atomic E-state index is 10.5. The molecule has 0 saturated heterocycles. The average molecular weight is 298 g/mol. The molecule has 0 aromatic heterocycles. The fourth-order valence-electron chi connectivity index (χ4n) is 1.84. The molecule has 0 bridgehead atoms. The van der Waals surface area contributed by atoms with Crippen LogP contribution in [-0.2, 0) is 0 Å². The molecule has 4 nitrogen and oxygen atoms in total. The fraction of sp³-hybridized carbons (Fsp3) is 0.222. The Hall–Kier alpha value is -2.62. The van der Waals surface area contributed by atoms with E-state index >= 15 is 0 Å². The van der Waals surface area contributed by atoms with Gasteiger partial charge >= 0.3 is 0 Å². The van der Waals surface area contributed by atoms with Crippen LogP contribution in [0.5, 0.6) is 0 Å². The number of rotatable bonds is 2. The van der Waals surface area contributed by atoms with Gasteiger partial charge in [0.25, 0.3) is 0 Å². The smallest absolute Gasteiger partial charge is 0.0718 e. The highest BCUT2D eigenvalue weighted by atomic mass is 16.4. The molecule has 0 atom stereocenters. The van der Waals surface area contributed by atoms with Crippen LogP contribution in [-0.4, -0.2) is 11.9 Å². The first-order chi connectivity index (χ1) is 10.2. The van der Waals surface area contributed by atoms with E-state index in [1.807, 2.05) is 26.8 Å². The number of hydrogen-bond acceptors (Lipinski definition) is 4. The Labute approximate surface area is 130 Å². The standard InChI is InChI=1S/2C9H10O2/c1-6-3-4-8(9(10)11)5-7(6)2;1-6-4-3-5-8(7(6)2)9(10)11/h2*3-5H,1-2H3,(H,10,11)/p-2. The highest BCUT2D eigenvalue weighted by molar-refractivity contribution is 5.88. The topological polar surface area (TPSA) is 80.3 Å². The minimum absolute atomic E-state index is 0.244. The van der Waals surface area contributed by atoms with Crippen molar-refractivity contribution in [2.24, 2.45) is 0 Å². The lowest BCUT2D eigenvalue weighted by atomic mass is 10.0. The summed E-state index contributed by atoms with van der Waals surface area (Å²) in [6, 6.07) is 10.1. The molecule has 2 aromatic carbocycles. The van der Waals surface area contributed by atoms with Gasteiger partial charge in [0.05, 0.1) is 11.9 Å². The number of hydrogen-bond donors (Lipinski definition) is 0. The summed E-state index contributed by atoms with van der Waals surface area (Å²) < 4.78 is 0. The van der Waals surface area contributed by atoms with E-state index in [9.17, 15) is 19.8 Å². The van der Waals surface area contributed by atoms with Gasteiger partial charge in [-0.2, -0.15) is 0 Å². The van der Waals surface area contributed by atoms with E-state index in [1.54, 1.807) is 37.3 Å². The van der Waals surface area contributed by atoms with Crippen LogP contribution in [0.4, 0.5) is 0 Å². The molecule has 116 valence electrons. The number of aryl methyl sites for hydroxylation is 3. The zero-order chi connectivity index (χ0) is 16.9. The highest BCUT2D eigenvalue weighted by Gasteiger charge is 1.99. The predicted octanol–water partition coefficient (Wildman–Crippen LogP) is 1.33. The Morgan fingerprint density at radius 3 is 1.86 bits per heavy atom. The molecule has 0 aliphatic carbocycles. The van der Waals surface area contributed by atoms with Gasteiger partial charge in [-0.25, -0.2) is 0 Å². The number of carboxylic acids is 2. The molecule has 2 rings (SSSR count). The predicted molar refractivity (Wildman–Crippen MR) is 80.5 cm³/mol. The second kappa shape index (κ2) is 7.41. The van der Waals surface area contributed by atoms with Crippen molar-refractivity contribution < 1.29 is 19.8 Å². The minimum atomic E-state index is -1.12. The normalized spacial score (nSPS) is 9.64. The van der Waals surface area contributed by atoms with Crippen LogP contribution in [0.3, 0.4) is 0 Å². The van der Waals surface area contributed by atoms with Crippen molar-refractivity contribution in [1.29, 1.82) is 0 Å². The first kappa shape index (κ1) is 17.4. The molecular formula is C18H18O4-2. The second-order valence-corrected chi connectivity index (χ2v) is 5.12. The van der Waals surface area contributed by atoms with Crippen LogP contribution in [0.25, 0.3) is 0 Å². The Morgan fingerprint density at radius 1 is 0.773 bits per heavy atom. The number of carbonyl (C=O) groups is 2. The first-order valence-electron chi connectivity index (χ1n) is 6.80. The highest BCUT2D eigenvalue weighted by Crippen LogP contribution is 2.11. The third-order valence-electron chi connectivity index (χ3n) is 3.57. The Balaban J connectivity index is 0.000000220. The molecule has 0 fully saturated rings. The third-order valence-corrected chi connectivity index (χ3v) is 3.57. The van der Waals surface area contributed by atoms with Crippen LogP contribution < -0.4 is 10.2 Å². The lowest BCUT2D eigenvalue weighted by Crippen LogP contribution is -2.23. The van der Waals surface area contributed by atoms with E-state index < -0.39 is 11.9 Å². The quantitative estimate of drug-likeness (QED) is 0.837. The van der Waals surface area contributed by atoms with Gasteiger partial charge in [-0.3, -0.25) is 0 Å². The van der Waals surface area contributed by atoms with Gasteiger partial charge in [0.15, 0.2) is 0 Å². The molecular weight excluding hydrogens is 280 g/mol. The van der Waals surface area contributed by atoms with Gasteiger partial charge in [0.1, 0.15) is 0 Å². The van der Waals surface area contributed by atoms with E-state index in [0.29, 0.717) is 0 Å². The van der Waals surface area contributed by atoms with Gasteiger partial charge in [0, 0.05) is 5.56 Å². The van der Waals surface area contributed by atoms with Gasteiger partial charge in [-0.15, -0.1) is 0 Å². The largest absolute Gasteiger partial charge is 0.545 e. The van der Waals surface area contributed by atoms with E-state index in [1.165, 1.54) is 0 Å². The minimum Gasteiger partial charge on any atom is -0.545 e. The van der Waals surface area contributed by atoms with Crippen LogP contribution in [0, 0.1) is 27.7 Å². The van der Waals surface area contributed by atoms with Gasteiger partial charge in [0.2, 0.25) is 0 Å². The molecule has 22 heavy (non-hydrogen) atoms. The average Bonchev–Trinajstić information content (AvgIpc) is 2.45. The van der Waals surface area contributed by atoms with Gasteiger partial charge in [-0.05, 0) is 61.6 Å². The van der Waals surface area contributed by atoms with Crippen LogP contribution in [0.2, 0.25) is 0 Å². The van der Waals surface area contributed by atoms with Gasteiger partial charge in [-0.1, -0.05) is 30.3 Å². The fourth-order valence-corrected chi connectivity index (χ4v) is 1.84. The van der Waals surface area contributed by atoms with Gasteiger partial charge < -0.3 is 19.8 Å². The number of benzene rings is 2. The molecule has 0 N–H and O–H groups in total. The second-order valence-electron chi connectivity index (χ2n) is 5.12. The monoisotopic (exact) mass is 298 g/mol. The van der Waals surface area contributed by atoms with Crippen molar-refractivity contribution >= 4 is 11.9 Å². The summed E-state index contributed by atoms with van der Waals surface area (Å²) in [4.78, 5) is 20.8. The van der Waals surface area contributed by atoms with Crippen molar-refractivity contribution in [1.82, 2.24) is 0 Å². The molecule has 0 unspecified atom stereocenters. The molecule has 0 heterocycles. The van der Waals surface area contributed by atoms with E-state index in [4.69, 9.17) is 0 Å². The number of carboxylic acid groups (broad SMARTS) is 2. The Bertz CT molecular complexity index is 702. The Morgan fingerprint density at radius 2 is 1.41 bits per heavy atom. The van der Waals surface area contributed by atoms with Crippen LogP contribution in [0.1, 0.15) is 43.0 Å². The molecule has 0 aliphatic heterocycles. The summed E-state index contributed by atoms with van der Waals surface area (Å²) in [5.74, 6) is -2.22. The molecule has 0 aliphatic rings. The maximum Gasteiger partial charge on any atom is 0.0718 e. The maximum absolute atomic E-state index is 10.5. The summed E-state index contributed by atoms with van der Waals surface area (Å²) in [5.41, 5.74) is 4.36. The van der Waals surface area contributed by atoms with E-state index in [0.717, 1.165) is 22.3 Å². The lowest BCUT2D eigenvalue weighted by molar-refractivity contribution is -0.256. The zero-order valence-electron chi connectivity index (χ0n) is 13.1. The van der Waals surface area contributed by atoms with E-state index in [2.05, 4.69) is 0 Å². The molecule has 0 saturated carbocycles. The van der Waals surface area contributed by atoms with Crippen molar-refractivity contribution in [3.8, 4) is 0 Å². The number of carbonyl (C=O) groups excluding carboxylic acids is 2. The molecule has 0 amide bonds. The summed E-state index contributed by atoms with van der Waals surface area (Å²) in [7, 11) is 0. The van der Waals surface area contributed by atoms with Crippen molar-refractivity contribution in [3.05, 3.63) is 69.8 Å². The van der Waals surface area contributed by atoms with Crippen molar-refractivity contribution in [2.45, 2.75) is 27.7 Å². The summed E-state index contributed by atoms with van der Waals surface area (Å²) in [6.07, 6.45) is 0. The van der Waals surface area contributed by atoms with Crippen molar-refractivity contribution in [2.75, 3.05) is 0 Å². The molecule has 4 heteroatoms.